The van der Waals surface area contributed by atoms with E-state index in [1.165, 1.54) is 154 Å². The van der Waals surface area contributed by atoms with Gasteiger partial charge in [0.15, 0.2) is 18.9 Å². The van der Waals surface area contributed by atoms with E-state index in [2.05, 4.69) is 24.4 Å². The maximum Gasteiger partial charge on any atom is 0.220 e. The molecule has 3 aliphatic rings. The summed E-state index contributed by atoms with van der Waals surface area (Å²) in [5, 5.41) is 119. The number of unbranched alkanes of at least 4 members (excludes halogenated alkanes) is 27. The number of nitrogens with one attached hydrogen (secondary N) is 1. The van der Waals surface area contributed by atoms with Crippen molar-refractivity contribution in [3.63, 3.8) is 0 Å². The van der Waals surface area contributed by atoms with Gasteiger partial charge in [-0.25, -0.2) is 0 Å². The molecular formula is C59H109NO18. The molecule has 3 heterocycles. The summed E-state index contributed by atoms with van der Waals surface area (Å²) in [4.78, 5) is 12.8. The van der Waals surface area contributed by atoms with E-state index in [4.69, 9.17) is 28.4 Å². The topological polar surface area (TPSA) is 307 Å². The monoisotopic (exact) mass is 1120 g/mol. The first kappa shape index (κ1) is 70.5. The first-order valence-corrected chi connectivity index (χ1v) is 30.6. The summed E-state index contributed by atoms with van der Waals surface area (Å²) in [5.41, 5.74) is 0. The van der Waals surface area contributed by atoms with Crippen LogP contribution in [-0.4, -0.2) is 193 Å². The van der Waals surface area contributed by atoms with Gasteiger partial charge in [-0.2, -0.15) is 0 Å². The van der Waals surface area contributed by atoms with Crippen molar-refractivity contribution in [2.45, 2.75) is 317 Å². The van der Waals surface area contributed by atoms with Crippen molar-refractivity contribution in [2.75, 3.05) is 26.4 Å². The Kier molecular flexibility index (Phi) is 38.9. The van der Waals surface area contributed by atoms with Crippen molar-refractivity contribution in [3.05, 3.63) is 24.3 Å². The third kappa shape index (κ3) is 26.7. The molecule has 458 valence electrons. The van der Waals surface area contributed by atoms with Crippen molar-refractivity contribution >= 4 is 5.91 Å². The lowest BCUT2D eigenvalue weighted by molar-refractivity contribution is -0.379. The molecule has 78 heavy (non-hydrogen) atoms. The van der Waals surface area contributed by atoms with Crippen molar-refractivity contribution in [1.29, 1.82) is 0 Å². The van der Waals surface area contributed by atoms with Crippen LogP contribution in [0.4, 0.5) is 0 Å². The van der Waals surface area contributed by atoms with Gasteiger partial charge in [0.25, 0.3) is 0 Å². The average Bonchev–Trinajstić information content (AvgIpc) is 3.45. The molecule has 3 rings (SSSR count). The van der Waals surface area contributed by atoms with E-state index in [0.29, 0.717) is 12.8 Å². The summed E-state index contributed by atoms with van der Waals surface area (Å²) in [5.74, 6) is -0.321. The van der Waals surface area contributed by atoms with E-state index < -0.39 is 124 Å². The van der Waals surface area contributed by atoms with Crippen LogP contribution in [0.1, 0.15) is 213 Å². The second-order valence-corrected chi connectivity index (χ2v) is 22.2. The van der Waals surface area contributed by atoms with Gasteiger partial charge in [0.2, 0.25) is 5.91 Å². The van der Waals surface area contributed by atoms with Gasteiger partial charge in [0.1, 0.15) is 73.2 Å². The Morgan fingerprint density at radius 2 is 0.821 bits per heavy atom. The molecule has 0 spiro atoms. The Bertz CT molecular complexity index is 1530. The summed E-state index contributed by atoms with van der Waals surface area (Å²) in [6, 6.07) is -0.981. The standard InChI is InChI=1S/C59H109NO18/c1-3-5-7-8-9-10-11-12-13-14-15-16-17-18-19-20-21-22-23-24-25-26-27-28-29-30-31-32-33-34-35-36-43(64)42(60-47(65)37-6-4-2)41-73-57-53(71)50(68)55(45(39-62)75-57)78-59-54(72)51(69)56(46(40-63)76-59)77-58-52(70)49(67)48(66)44(38-61)74-58/h31-32,35-36,42-46,48-59,61-64,66-72H,3-30,33-34,37-41H2,1-2H3,(H,60,65)/b32-31+,36-35+. The molecular weight excluding hydrogens is 1010 g/mol. The Hall–Kier alpha value is -1.73. The molecule has 17 unspecified atom stereocenters. The van der Waals surface area contributed by atoms with E-state index in [9.17, 15) is 61.0 Å². The summed E-state index contributed by atoms with van der Waals surface area (Å²) >= 11 is 0. The Labute approximate surface area is 467 Å². The molecule has 3 fully saturated rings. The highest BCUT2D eigenvalue weighted by Gasteiger charge is 2.53. The fraction of sp³-hybridized carbons (Fsp3) is 0.915. The van der Waals surface area contributed by atoms with Gasteiger partial charge in [0, 0.05) is 6.42 Å². The second-order valence-electron chi connectivity index (χ2n) is 22.2. The fourth-order valence-corrected chi connectivity index (χ4v) is 10.4. The van der Waals surface area contributed by atoms with E-state index in [0.717, 1.165) is 25.7 Å². The third-order valence-corrected chi connectivity index (χ3v) is 15.5. The predicted octanol–water partition coefficient (Wildman–Crippen LogP) is 5.54. The number of rotatable bonds is 45. The number of ether oxygens (including phenoxy) is 6. The van der Waals surface area contributed by atoms with Gasteiger partial charge in [-0.05, 0) is 32.1 Å². The zero-order valence-corrected chi connectivity index (χ0v) is 47.7. The predicted molar refractivity (Wildman–Crippen MR) is 296 cm³/mol. The minimum atomic E-state index is -1.98. The molecule has 3 aliphatic heterocycles. The number of aliphatic hydroxyl groups is 11. The van der Waals surface area contributed by atoms with Crippen LogP contribution < -0.4 is 5.32 Å². The molecule has 0 aromatic carbocycles. The molecule has 0 aromatic rings. The van der Waals surface area contributed by atoms with E-state index >= 15 is 0 Å². The highest BCUT2D eigenvalue weighted by molar-refractivity contribution is 5.76. The summed E-state index contributed by atoms with van der Waals surface area (Å²) in [6.45, 7) is 1.43. The van der Waals surface area contributed by atoms with Crippen LogP contribution in [0.25, 0.3) is 0 Å². The largest absolute Gasteiger partial charge is 0.394 e. The first-order chi connectivity index (χ1) is 37.8. The number of allylic oxidation sites excluding steroid dienone is 3. The van der Waals surface area contributed by atoms with E-state index in [1.54, 1.807) is 6.08 Å². The smallest absolute Gasteiger partial charge is 0.220 e. The summed E-state index contributed by atoms with van der Waals surface area (Å²) < 4.78 is 33.9. The second kappa shape index (κ2) is 43.0. The molecule has 1 amide bonds. The maximum atomic E-state index is 12.8. The molecule has 0 radical (unpaired) electrons. The number of hydrogen-bond donors (Lipinski definition) is 12. The number of carbonyl (C=O) groups is 1. The van der Waals surface area contributed by atoms with E-state index in [-0.39, 0.29) is 18.9 Å². The van der Waals surface area contributed by atoms with Crippen LogP contribution >= 0.6 is 0 Å². The number of amides is 1. The average molecular weight is 1120 g/mol. The minimum Gasteiger partial charge on any atom is -0.394 e. The molecule has 0 aliphatic carbocycles. The molecule has 3 saturated heterocycles. The Morgan fingerprint density at radius 3 is 1.27 bits per heavy atom. The highest BCUT2D eigenvalue weighted by atomic mass is 16.8. The number of hydrogen-bond acceptors (Lipinski definition) is 18. The Morgan fingerprint density at radius 1 is 0.449 bits per heavy atom. The molecule has 19 heteroatoms. The highest BCUT2D eigenvalue weighted by Crippen LogP contribution is 2.33. The lowest BCUT2D eigenvalue weighted by Crippen LogP contribution is -2.66. The van der Waals surface area contributed by atoms with E-state index in [1.807, 2.05) is 13.0 Å². The molecule has 17 atom stereocenters. The maximum absolute atomic E-state index is 12.8. The van der Waals surface area contributed by atoms with Gasteiger partial charge < -0.3 is 89.9 Å². The van der Waals surface area contributed by atoms with Crippen LogP contribution in [0.2, 0.25) is 0 Å². The zero-order chi connectivity index (χ0) is 56.9. The molecule has 0 bridgehead atoms. The lowest BCUT2D eigenvalue weighted by Gasteiger charge is -2.48. The van der Waals surface area contributed by atoms with Crippen LogP contribution in [0.15, 0.2) is 24.3 Å². The zero-order valence-electron chi connectivity index (χ0n) is 47.7. The molecule has 0 saturated carbocycles. The van der Waals surface area contributed by atoms with Crippen LogP contribution in [0, 0.1) is 0 Å². The van der Waals surface area contributed by atoms with Crippen LogP contribution in [0.5, 0.6) is 0 Å². The molecule has 19 nitrogen and oxygen atoms in total. The number of carbonyl (C=O) groups excluding carboxylic acids is 1. The molecule has 0 aromatic heterocycles. The normalized spacial score (nSPS) is 30.6. The minimum absolute atomic E-state index is 0.211. The van der Waals surface area contributed by atoms with Crippen LogP contribution in [0.3, 0.4) is 0 Å². The van der Waals surface area contributed by atoms with Crippen LogP contribution in [-0.2, 0) is 33.2 Å². The van der Waals surface area contributed by atoms with Gasteiger partial charge in [0.05, 0.1) is 38.6 Å². The summed E-state index contributed by atoms with van der Waals surface area (Å²) in [7, 11) is 0. The van der Waals surface area contributed by atoms with Crippen molar-refractivity contribution in [3.8, 4) is 0 Å². The number of aliphatic hydroxyl groups excluding tert-OH is 11. The fourth-order valence-electron chi connectivity index (χ4n) is 10.4. The van der Waals surface area contributed by atoms with Crippen molar-refractivity contribution in [1.82, 2.24) is 5.32 Å². The lowest BCUT2D eigenvalue weighted by atomic mass is 9.96. The quantitative estimate of drug-likeness (QED) is 0.0263. The SMILES string of the molecule is CCCCCCCCCCCCCCCCCCCCCCCCCCC/C=C/CC/C=C/C(O)C(COC1OC(CO)C(OC2OC(CO)C(OC3OC(CO)C(O)C(O)C3O)C(O)C2O)C(O)C1O)NC(=O)CCCC. The van der Waals surface area contributed by atoms with Gasteiger partial charge >= 0.3 is 0 Å². The molecule has 12 N–H and O–H groups in total. The summed E-state index contributed by atoms with van der Waals surface area (Å²) in [6.07, 6.45) is 19.4. The Balaban J connectivity index is 1.30. The van der Waals surface area contributed by atoms with Gasteiger partial charge in [-0.15, -0.1) is 0 Å². The first-order valence-electron chi connectivity index (χ1n) is 30.6. The van der Waals surface area contributed by atoms with Gasteiger partial charge in [-0.1, -0.05) is 199 Å². The van der Waals surface area contributed by atoms with Crippen molar-refractivity contribution < 1.29 is 89.4 Å². The van der Waals surface area contributed by atoms with Gasteiger partial charge in [-0.3, -0.25) is 4.79 Å². The third-order valence-electron chi connectivity index (χ3n) is 15.5. The van der Waals surface area contributed by atoms with Crippen molar-refractivity contribution in [2.24, 2.45) is 0 Å².